The summed E-state index contributed by atoms with van der Waals surface area (Å²) in [6.07, 6.45) is 0.116. The van der Waals surface area contributed by atoms with Gasteiger partial charge in [-0.25, -0.2) is 4.98 Å². The number of aromatic amines is 1. The quantitative estimate of drug-likeness (QED) is 0.572. The first-order valence-corrected chi connectivity index (χ1v) is 5.10. The maximum absolute atomic E-state index is 4.43. The molecule has 5 nitrogen and oxygen atoms in total. The Morgan fingerprint density at radius 3 is 2.80 bits per heavy atom. The largest absolute Gasteiger partial charge is 0.328 e. The third-order valence-electron chi connectivity index (χ3n) is 2.49. The van der Waals surface area contributed by atoms with Crippen LogP contribution in [0.15, 0.2) is 24.3 Å². The van der Waals surface area contributed by atoms with Crippen LogP contribution in [0.1, 0.15) is 0 Å². The highest BCUT2D eigenvalue weighted by molar-refractivity contribution is 5.77. The zero-order valence-electron chi connectivity index (χ0n) is 8.25. The Morgan fingerprint density at radius 2 is 2.00 bits per heavy atom. The lowest BCUT2D eigenvalue weighted by atomic mass is 10.3. The van der Waals surface area contributed by atoms with E-state index in [0.717, 1.165) is 30.1 Å². The third-order valence-corrected chi connectivity index (χ3v) is 2.49. The molecule has 0 aliphatic carbocycles. The van der Waals surface area contributed by atoms with Crippen molar-refractivity contribution in [1.82, 2.24) is 20.6 Å². The van der Waals surface area contributed by atoms with Crippen molar-refractivity contribution in [3.8, 4) is 0 Å². The average Bonchev–Trinajstić information content (AvgIpc) is 2.86. The summed E-state index contributed by atoms with van der Waals surface area (Å²) in [5, 5.41) is 9.78. The van der Waals surface area contributed by atoms with Crippen LogP contribution >= 0.6 is 0 Å². The van der Waals surface area contributed by atoms with Crippen molar-refractivity contribution in [2.75, 3.05) is 18.4 Å². The normalized spacial score (nSPS) is 17.3. The zero-order chi connectivity index (χ0) is 10.1. The molecule has 0 spiro atoms. The molecule has 78 valence electrons. The third kappa shape index (κ3) is 1.67. The van der Waals surface area contributed by atoms with Crippen molar-refractivity contribution < 1.29 is 0 Å². The van der Waals surface area contributed by atoms with Gasteiger partial charge < -0.3 is 10.3 Å². The summed E-state index contributed by atoms with van der Waals surface area (Å²) in [6.45, 7) is 1.97. The molecule has 1 aliphatic heterocycles. The summed E-state index contributed by atoms with van der Waals surface area (Å²) in [5.74, 6) is 0.795. The first-order valence-electron chi connectivity index (χ1n) is 5.10. The maximum atomic E-state index is 4.43. The standard InChI is InChI=1S/C10H13N5/c1-2-4-8-7(3-1)13-10(14-8)15-9-11-5-6-12-9/h1-4,9,11-12H,5-6H2,(H2,13,14,15). The topological polar surface area (TPSA) is 64.8 Å². The van der Waals surface area contributed by atoms with Gasteiger partial charge in [-0.2, -0.15) is 0 Å². The molecular weight excluding hydrogens is 190 g/mol. The van der Waals surface area contributed by atoms with Crippen LogP contribution in [0.3, 0.4) is 0 Å². The number of hydrogen-bond donors (Lipinski definition) is 4. The summed E-state index contributed by atoms with van der Waals surface area (Å²) in [5.41, 5.74) is 2.04. The van der Waals surface area contributed by atoms with Crippen LogP contribution in [0.4, 0.5) is 5.95 Å². The Kier molecular flexibility index (Phi) is 2.04. The number of para-hydroxylation sites is 2. The molecule has 4 N–H and O–H groups in total. The minimum atomic E-state index is 0.116. The summed E-state index contributed by atoms with van der Waals surface area (Å²) < 4.78 is 0. The molecule has 0 unspecified atom stereocenters. The van der Waals surface area contributed by atoms with Crippen molar-refractivity contribution in [1.29, 1.82) is 0 Å². The maximum Gasteiger partial charge on any atom is 0.203 e. The van der Waals surface area contributed by atoms with Crippen LogP contribution in [-0.2, 0) is 0 Å². The first kappa shape index (κ1) is 8.70. The van der Waals surface area contributed by atoms with Crippen LogP contribution in [-0.4, -0.2) is 29.3 Å². The lowest BCUT2D eigenvalue weighted by Crippen LogP contribution is -2.39. The van der Waals surface area contributed by atoms with Crippen molar-refractivity contribution in [3.63, 3.8) is 0 Å². The van der Waals surface area contributed by atoms with E-state index in [4.69, 9.17) is 0 Å². The smallest absolute Gasteiger partial charge is 0.203 e. The molecule has 5 heteroatoms. The molecule has 0 radical (unpaired) electrons. The molecule has 1 saturated heterocycles. The summed E-state index contributed by atoms with van der Waals surface area (Å²) >= 11 is 0. The van der Waals surface area contributed by atoms with E-state index in [1.165, 1.54) is 0 Å². The predicted molar refractivity (Wildman–Crippen MR) is 59.5 cm³/mol. The molecule has 0 amide bonds. The molecule has 1 aromatic carbocycles. The van der Waals surface area contributed by atoms with Crippen molar-refractivity contribution in [3.05, 3.63) is 24.3 Å². The summed E-state index contributed by atoms with van der Waals surface area (Å²) in [4.78, 5) is 7.65. The highest BCUT2D eigenvalue weighted by Gasteiger charge is 2.13. The lowest BCUT2D eigenvalue weighted by Gasteiger charge is -2.11. The fourth-order valence-corrected chi connectivity index (χ4v) is 1.77. The highest BCUT2D eigenvalue weighted by atomic mass is 15.4. The fourth-order valence-electron chi connectivity index (χ4n) is 1.77. The number of aromatic nitrogens is 2. The Balaban J connectivity index is 1.84. The van der Waals surface area contributed by atoms with E-state index in [0.29, 0.717) is 0 Å². The van der Waals surface area contributed by atoms with E-state index >= 15 is 0 Å². The molecule has 2 heterocycles. The van der Waals surface area contributed by atoms with Crippen LogP contribution in [0.5, 0.6) is 0 Å². The molecule has 3 rings (SSSR count). The predicted octanol–water partition coefficient (Wildman–Crippen LogP) is 0.451. The van der Waals surface area contributed by atoms with Crippen LogP contribution in [0, 0.1) is 0 Å². The number of hydrogen-bond acceptors (Lipinski definition) is 4. The molecule has 0 bridgehead atoms. The minimum Gasteiger partial charge on any atom is -0.328 e. The number of rotatable bonds is 2. The second kappa shape index (κ2) is 3.52. The molecule has 2 aromatic rings. The molecule has 1 aliphatic rings. The Labute approximate surface area is 87.3 Å². The van der Waals surface area contributed by atoms with E-state index in [9.17, 15) is 0 Å². The van der Waals surface area contributed by atoms with Gasteiger partial charge in [0.2, 0.25) is 5.95 Å². The van der Waals surface area contributed by atoms with Crippen LogP contribution in [0.25, 0.3) is 11.0 Å². The number of benzene rings is 1. The minimum absolute atomic E-state index is 0.116. The second-order valence-electron chi connectivity index (χ2n) is 3.59. The van der Waals surface area contributed by atoms with Gasteiger partial charge in [-0.1, -0.05) is 12.1 Å². The van der Waals surface area contributed by atoms with Gasteiger partial charge >= 0.3 is 0 Å². The Bertz CT molecular complexity index is 425. The van der Waals surface area contributed by atoms with E-state index < -0.39 is 0 Å². The SMILES string of the molecule is c1ccc2[nH]c(NC3NCCN3)nc2c1. The van der Waals surface area contributed by atoms with Gasteiger partial charge in [0.05, 0.1) is 11.0 Å². The molecular formula is C10H13N5. The van der Waals surface area contributed by atoms with Crippen LogP contribution < -0.4 is 16.0 Å². The van der Waals surface area contributed by atoms with E-state index in [1.54, 1.807) is 0 Å². The van der Waals surface area contributed by atoms with E-state index in [2.05, 4.69) is 25.9 Å². The van der Waals surface area contributed by atoms with Gasteiger partial charge in [0.25, 0.3) is 0 Å². The average molecular weight is 203 g/mol. The van der Waals surface area contributed by atoms with E-state index in [1.807, 2.05) is 24.3 Å². The Morgan fingerprint density at radius 1 is 1.20 bits per heavy atom. The van der Waals surface area contributed by atoms with Gasteiger partial charge in [0.15, 0.2) is 0 Å². The van der Waals surface area contributed by atoms with Gasteiger partial charge in [-0.3, -0.25) is 10.6 Å². The van der Waals surface area contributed by atoms with Gasteiger partial charge in [-0.05, 0) is 12.1 Å². The molecule has 0 atom stereocenters. The number of H-pyrrole nitrogens is 1. The fraction of sp³-hybridized carbons (Fsp3) is 0.300. The summed E-state index contributed by atoms with van der Waals surface area (Å²) in [7, 11) is 0. The highest BCUT2D eigenvalue weighted by Crippen LogP contribution is 2.13. The number of imidazole rings is 1. The van der Waals surface area contributed by atoms with Crippen molar-refractivity contribution >= 4 is 17.0 Å². The van der Waals surface area contributed by atoms with Gasteiger partial charge in [-0.15, -0.1) is 0 Å². The van der Waals surface area contributed by atoms with E-state index in [-0.39, 0.29) is 6.29 Å². The number of fused-ring (bicyclic) bond motifs is 1. The molecule has 15 heavy (non-hydrogen) atoms. The monoisotopic (exact) mass is 203 g/mol. The zero-order valence-corrected chi connectivity index (χ0v) is 8.25. The second-order valence-corrected chi connectivity index (χ2v) is 3.59. The molecule has 0 saturated carbocycles. The van der Waals surface area contributed by atoms with Crippen LogP contribution in [0.2, 0.25) is 0 Å². The first-order chi connectivity index (χ1) is 7.42. The number of nitrogens with one attached hydrogen (secondary N) is 4. The van der Waals surface area contributed by atoms with Gasteiger partial charge in [0.1, 0.15) is 6.29 Å². The number of nitrogens with zero attached hydrogens (tertiary/aromatic N) is 1. The molecule has 1 fully saturated rings. The molecule has 1 aromatic heterocycles. The van der Waals surface area contributed by atoms with Gasteiger partial charge in [0, 0.05) is 13.1 Å². The van der Waals surface area contributed by atoms with Crippen molar-refractivity contribution in [2.24, 2.45) is 0 Å². The summed E-state index contributed by atoms with van der Waals surface area (Å²) in [6, 6.07) is 7.99. The lowest BCUT2D eigenvalue weighted by molar-refractivity contribution is 0.616. The van der Waals surface area contributed by atoms with Crippen molar-refractivity contribution in [2.45, 2.75) is 6.29 Å². The number of anilines is 1. The Hall–Kier alpha value is -1.59.